The standard InChI is InChI=1S/C11H9ClO4/c1-7(13)16-10-6-8(2-4-9(10)12)3-5-11(14)15/h2-6H,1H3,(H,14,15)/b5-3+. The number of ether oxygens (including phenoxy) is 1. The minimum absolute atomic E-state index is 0.210. The third-order valence-electron chi connectivity index (χ3n) is 1.63. The monoisotopic (exact) mass is 240 g/mol. The number of carboxylic acids is 1. The molecule has 84 valence electrons. The van der Waals surface area contributed by atoms with Crippen molar-refractivity contribution in [3.63, 3.8) is 0 Å². The molecule has 0 aliphatic rings. The number of carbonyl (C=O) groups excluding carboxylic acids is 1. The molecule has 0 saturated heterocycles. The first-order valence-electron chi connectivity index (χ1n) is 4.38. The van der Waals surface area contributed by atoms with Gasteiger partial charge >= 0.3 is 11.9 Å². The summed E-state index contributed by atoms with van der Waals surface area (Å²) < 4.78 is 4.84. The number of aliphatic carboxylic acids is 1. The summed E-state index contributed by atoms with van der Waals surface area (Å²) in [6.45, 7) is 1.26. The SMILES string of the molecule is CC(=O)Oc1cc(/C=C/C(=O)O)ccc1Cl. The zero-order valence-corrected chi connectivity index (χ0v) is 9.19. The zero-order valence-electron chi connectivity index (χ0n) is 8.44. The lowest BCUT2D eigenvalue weighted by Gasteiger charge is -2.04. The molecule has 0 atom stereocenters. The van der Waals surface area contributed by atoms with Crippen LogP contribution in [0.3, 0.4) is 0 Å². The molecule has 0 saturated carbocycles. The Morgan fingerprint density at radius 1 is 1.44 bits per heavy atom. The maximum atomic E-state index is 10.7. The van der Waals surface area contributed by atoms with E-state index in [1.54, 1.807) is 6.07 Å². The highest BCUT2D eigenvalue weighted by Crippen LogP contribution is 2.26. The summed E-state index contributed by atoms with van der Waals surface area (Å²) in [5, 5.41) is 8.74. The first kappa shape index (κ1) is 12.3. The van der Waals surface area contributed by atoms with Gasteiger partial charge in [-0.15, -0.1) is 0 Å². The minimum Gasteiger partial charge on any atom is -0.478 e. The van der Waals surface area contributed by atoms with Gasteiger partial charge in [0, 0.05) is 13.0 Å². The van der Waals surface area contributed by atoms with Gasteiger partial charge in [-0.05, 0) is 23.8 Å². The molecule has 0 amide bonds. The maximum absolute atomic E-state index is 10.7. The molecule has 0 fully saturated rings. The zero-order chi connectivity index (χ0) is 12.1. The van der Waals surface area contributed by atoms with E-state index < -0.39 is 11.9 Å². The van der Waals surface area contributed by atoms with Gasteiger partial charge in [0.05, 0.1) is 5.02 Å². The number of hydrogen-bond donors (Lipinski definition) is 1. The normalized spacial score (nSPS) is 10.4. The fraction of sp³-hybridized carbons (Fsp3) is 0.0909. The summed E-state index contributed by atoms with van der Waals surface area (Å²) in [5.74, 6) is -1.33. The molecule has 1 aromatic carbocycles. The second-order valence-corrected chi connectivity index (χ2v) is 3.36. The second-order valence-electron chi connectivity index (χ2n) is 2.96. The fourth-order valence-electron chi connectivity index (χ4n) is 1.02. The lowest BCUT2D eigenvalue weighted by Crippen LogP contribution is -2.01. The highest BCUT2D eigenvalue weighted by atomic mass is 35.5. The smallest absolute Gasteiger partial charge is 0.328 e. The maximum Gasteiger partial charge on any atom is 0.328 e. The second kappa shape index (κ2) is 5.32. The highest BCUT2D eigenvalue weighted by Gasteiger charge is 2.04. The van der Waals surface area contributed by atoms with Crippen molar-refractivity contribution in [1.82, 2.24) is 0 Å². The van der Waals surface area contributed by atoms with Gasteiger partial charge in [0.15, 0.2) is 0 Å². The molecule has 0 aliphatic carbocycles. The van der Waals surface area contributed by atoms with E-state index in [0.29, 0.717) is 10.6 Å². The van der Waals surface area contributed by atoms with E-state index in [4.69, 9.17) is 21.4 Å². The van der Waals surface area contributed by atoms with Crippen LogP contribution in [0.1, 0.15) is 12.5 Å². The Bertz CT molecular complexity index is 451. The van der Waals surface area contributed by atoms with Crippen LogP contribution in [-0.2, 0) is 9.59 Å². The van der Waals surface area contributed by atoms with E-state index in [0.717, 1.165) is 6.08 Å². The van der Waals surface area contributed by atoms with Crippen molar-refractivity contribution in [3.8, 4) is 5.75 Å². The average Bonchev–Trinajstić information content (AvgIpc) is 2.18. The Morgan fingerprint density at radius 3 is 2.69 bits per heavy atom. The molecule has 1 aromatic rings. The van der Waals surface area contributed by atoms with E-state index >= 15 is 0 Å². The lowest BCUT2D eigenvalue weighted by atomic mass is 10.2. The summed E-state index contributed by atoms with van der Waals surface area (Å²) in [7, 11) is 0. The van der Waals surface area contributed by atoms with Crippen LogP contribution in [-0.4, -0.2) is 17.0 Å². The van der Waals surface area contributed by atoms with Gasteiger partial charge in [0.2, 0.25) is 0 Å². The number of carbonyl (C=O) groups is 2. The average molecular weight is 241 g/mol. The third-order valence-corrected chi connectivity index (χ3v) is 1.94. The molecule has 16 heavy (non-hydrogen) atoms. The molecule has 1 N–H and O–H groups in total. The number of rotatable bonds is 3. The third kappa shape index (κ3) is 3.74. The van der Waals surface area contributed by atoms with E-state index in [1.807, 2.05) is 0 Å². The minimum atomic E-state index is -1.05. The van der Waals surface area contributed by atoms with Gasteiger partial charge in [-0.3, -0.25) is 4.79 Å². The fourth-order valence-corrected chi connectivity index (χ4v) is 1.18. The molecular weight excluding hydrogens is 232 g/mol. The first-order chi connectivity index (χ1) is 7.49. The van der Waals surface area contributed by atoms with Crippen LogP contribution in [0, 0.1) is 0 Å². The predicted molar refractivity (Wildman–Crippen MR) is 59.4 cm³/mol. The van der Waals surface area contributed by atoms with Gasteiger partial charge in [0.1, 0.15) is 5.75 Å². The number of halogens is 1. The molecule has 0 heterocycles. The Labute approximate surface area is 97.1 Å². The number of esters is 1. The first-order valence-corrected chi connectivity index (χ1v) is 4.76. The Balaban J connectivity index is 2.97. The van der Waals surface area contributed by atoms with Crippen molar-refractivity contribution in [3.05, 3.63) is 34.9 Å². The van der Waals surface area contributed by atoms with Crippen LogP contribution in [0.25, 0.3) is 6.08 Å². The topological polar surface area (TPSA) is 63.6 Å². The van der Waals surface area contributed by atoms with E-state index in [-0.39, 0.29) is 5.75 Å². The van der Waals surface area contributed by atoms with Crippen molar-refractivity contribution in [2.75, 3.05) is 0 Å². The van der Waals surface area contributed by atoms with Gasteiger partial charge < -0.3 is 9.84 Å². The summed E-state index contributed by atoms with van der Waals surface area (Å²) in [4.78, 5) is 21.1. The highest BCUT2D eigenvalue weighted by molar-refractivity contribution is 6.32. The number of benzene rings is 1. The van der Waals surface area contributed by atoms with Crippen molar-refractivity contribution in [2.45, 2.75) is 6.92 Å². The predicted octanol–water partition coefficient (Wildman–Crippen LogP) is 2.36. The van der Waals surface area contributed by atoms with Crippen LogP contribution in [0.2, 0.25) is 5.02 Å². The Morgan fingerprint density at radius 2 is 2.12 bits per heavy atom. The van der Waals surface area contributed by atoms with Crippen LogP contribution in [0.5, 0.6) is 5.75 Å². The summed E-state index contributed by atoms with van der Waals surface area (Å²) in [6, 6.07) is 4.64. The molecular formula is C11H9ClO4. The Kier molecular flexibility index (Phi) is 4.08. The lowest BCUT2D eigenvalue weighted by molar-refractivity contribution is -0.132. The summed E-state index contributed by atoms with van der Waals surface area (Å²) in [5.41, 5.74) is 0.586. The van der Waals surface area contributed by atoms with Crippen LogP contribution < -0.4 is 4.74 Å². The summed E-state index contributed by atoms with van der Waals surface area (Å²) in [6.07, 6.45) is 2.37. The Hall–Kier alpha value is -1.81. The van der Waals surface area contributed by atoms with Crippen molar-refractivity contribution < 1.29 is 19.4 Å². The van der Waals surface area contributed by atoms with E-state index in [1.165, 1.54) is 25.1 Å². The molecule has 5 heteroatoms. The molecule has 0 aliphatic heterocycles. The molecule has 0 unspecified atom stereocenters. The molecule has 0 bridgehead atoms. The molecule has 4 nitrogen and oxygen atoms in total. The van der Waals surface area contributed by atoms with Gasteiger partial charge in [-0.2, -0.15) is 0 Å². The molecule has 1 rings (SSSR count). The largest absolute Gasteiger partial charge is 0.478 e. The van der Waals surface area contributed by atoms with Gasteiger partial charge in [-0.1, -0.05) is 17.7 Å². The molecule has 0 radical (unpaired) electrons. The van der Waals surface area contributed by atoms with Gasteiger partial charge in [0.25, 0.3) is 0 Å². The van der Waals surface area contributed by atoms with E-state index in [9.17, 15) is 9.59 Å². The van der Waals surface area contributed by atoms with Crippen molar-refractivity contribution >= 4 is 29.6 Å². The van der Waals surface area contributed by atoms with Crippen molar-refractivity contribution in [1.29, 1.82) is 0 Å². The quantitative estimate of drug-likeness (QED) is 0.500. The number of hydrogen-bond acceptors (Lipinski definition) is 3. The van der Waals surface area contributed by atoms with Crippen LogP contribution >= 0.6 is 11.6 Å². The number of carboxylic acid groups (broad SMARTS) is 1. The van der Waals surface area contributed by atoms with Crippen LogP contribution in [0.4, 0.5) is 0 Å². The van der Waals surface area contributed by atoms with E-state index in [2.05, 4.69) is 0 Å². The molecule has 0 aromatic heterocycles. The van der Waals surface area contributed by atoms with Crippen LogP contribution in [0.15, 0.2) is 24.3 Å². The molecule has 0 spiro atoms. The van der Waals surface area contributed by atoms with Crippen molar-refractivity contribution in [2.24, 2.45) is 0 Å². The summed E-state index contributed by atoms with van der Waals surface area (Å²) >= 11 is 5.79. The van der Waals surface area contributed by atoms with Gasteiger partial charge in [-0.25, -0.2) is 4.79 Å².